The van der Waals surface area contributed by atoms with Gasteiger partial charge in [0.1, 0.15) is 17.5 Å². The molecule has 5 nitrogen and oxygen atoms in total. The van der Waals surface area contributed by atoms with Crippen molar-refractivity contribution < 1.29 is 13.9 Å². The van der Waals surface area contributed by atoms with Crippen LogP contribution in [0.4, 0.5) is 15.8 Å². The topological polar surface area (TPSA) is 65.4 Å². The van der Waals surface area contributed by atoms with Crippen molar-refractivity contribution in [3.05, 3.63) is 64.5 Å². The van der Waals surface area contributed by atoms with Crippen molar-refractivity contribution in [1.82, 2.24) is 0 Å². The third-order valence-corrected chi connectivity index (χ3v) is 4.63. The molecule has 1 aliphatic heterocycles. The molecule has 1 heterocycles. The number of hydrogen-bond donors (Lipinski definition) is 1. The maximum atomic E-state index is 14.5. The van der Waals surface area contributed by atoms with Crippen LogP contribution in [0, 0.1) is 31.0 Å². The summed E-state index contributed by atoms with van der Waals surface area (Å²) in [7, 11) is 0. The van der Waals surface area contributed by atoms with Crippen LogP contribution in [0.25, 0.3) is 6.08 Å². The third-order valence-electron chi connectivity index (χ3n) is 4.63. The Hall–Kier alpha value is -3.17. The Labute approximate surface area is 164 Å². The van der Waals surface area contributed by atoms with E-state index in [0.717, 1.165) is 11.1 Å². The largest absolute Gasteiger partial charge is 0.378 e. The van der Waals surface area contributed by atoms with E-state index in [9.17, 15) is 14.4 Å². The number of halogens is 1. The first-order valence-corrected chi connectivity index (χ1v) is 9.10. The third kappa shape index (κ3) is 4.56. The standard InChI is InChI=1S/C22H22FN3O2/c1-15-3-5-20(16(2)11-15)25-22(27)18(14-24)12-17-4-6-21(19(23)13-17)26-7-9-28-10-8-26/h3-6,11-13H,7-10H2,1-2H3,(H,25,27)/b18-12-. The predicted octanol–water partition coefficient (Wildman–Crippen LogP) is 3.82. The molecule has 1 aliphatic rings. The van der Waals surface area contributed by atoms with Crippen LogP contribution in [0.3, 0.4) is 0 Å². The summed E-state index contributed by atoms with van der Waals surface area (Å²) in [5.74, 6) is -0.908. The first kappa shape index (κ1) is 19.6. The summed E-state index contributed by atoms with van der Waals surface area (Å²) in [6.07, 6.45) is 1.39. The molecule has 6 heteroatoms. The lowest BCUT2D eigenvalue weighted by Crippen LogP contribution is -2.36. The van der Waals surface area contributed by atoms with Gasteiger partial charge >= 0.3 is 0 Å². The Bertz CT molecular complexity index is 957. The smallest absolute Gasteiger partial charge is 0.266 e. The fourth-order valence-corrected chi connectivity index (χ4v) is 3.13. The van der Waals surface area contributed by atoms with Crippen LogP contribution in [-0.2, 0) is 9.53 Å². The second-order valence-electron chi connectivity index (χ2n) is 6.75. The summed E-state index contributed by atoms with van der Waals surface area (Å²) in [6.45, 7) is 6.25. The minimum atomic E-state index is -0.521. The molecule has 1 saturated heterocycles. The van der Waals surface area contributed by atoms with Gasteiger partial charge in [-0.05, 0) is 49.2 Å². The monoisotopic (exact) mass is 379 g/mol. The van der Waals surface area contributed by atoms with Gasteiger partial charge in [0.2, 0.25) is 0 Å². The number of nitrogens with one attached hydrogen (secondary N) is 1. The fourth-order valence-electron chi connectivity index (χ4n) is 3.13. The number of benzene rings is 2. The summed E-state index contributed by atoms with van der Waals surface area (Å²) in [6, 6.07) is 12.2. The van der Waals surface area contributed by atoms with Crippen LogP contribution in [0.15, 0.2) is 42.0 Å². The zero-order valence-electron chi connectivity index (χ0n) is 16.0. The van der Waals surface area contributed by atoms with Gasteiger partial charge in [-0.2, -0.15) is 5.26 Å². The second-order valence-corrected chi connectivity index (χ2v) is 6.75. The number of aryl methyl sites for hydroxylation is 2. The molecular weight excluding hydrogens is 357 g/mol. The molecule has 0 atom stereocenters. The normalized spacial score (nSPS) is 14.5. The number of carbonyl (C=O) groups excluding carboxylic acids is 1. The molecule has 0 saturated carbocycles. The van der Waals surface area contributed by atoms with E-state index in [2.05, 4.69) is 5.32 Å². The van der Waals surface area contributed by atoms with E-state index in [0.29, 0.717) is 43.2 Å². The molecule has 0 aliphatic carbocycles. The van der Waals surface area contributed by atoms with E-state index in [4.69, 9.17) is 4.74 Å². The number of hydrogen-bond acceptors (Lipinski definition) is 4. The van der Waals surface area contributed by atoms with Gasteiger partial charge in [0, 0.05) is 18.8 Å². The number of amides is 1. The highest BCUT2D eigenvalue weighted by molar-refractivity contribution is 6.10. The van der Waals surface area contributed by atoms with E-state index in [1.165, 1.54) is 12.1 Å². The van der Waals surface area contributed by atoms with Gasteiger partial charge in [0.15, 0.2) is 0 Å². The zero-order valence-corrected chi connectivity index (χ0v) is 16.0. The number of nitriles is 1. The Morgan fingerprint density at radius 1 is 1.21 bits per heavy atom. The van der Waals surface area contributed by atoms with Crippen LogP contribution in [-0.4, -0.2) is 32.2 Å². The first-order valence-electron chi connectivity index (χ1n) is 9.10. The van der Waals surface area contributed by atoms with Gasteiger partial charge in [-0.25, -0.2) is 4.39 Å². The molecule has 0 aromatic heterocycles. The Balaban J connectivity index is 1.79. The summed E-state index contributed by atoms with van der Waals surface area (Å²) in [5.41, 5.74) is 3.51. The number of rotatable bonds is 4. The maximum absolute atomic E-state index is 14.5. The lowest BCUT2D eigenvalue weighted by Gasteiger charge is -2.29. The molecular formula is C22H22FN3O2. The molecule has 1 amide bonds. The van der Waals surface area contributed by atoms with E-state index >= 15 is 0 Å². The van der Waals surface area contributed by atoms with E-state index in [1.54, 1.807) is 18.2 Å². The van der Waals surface area contributed by atoms with E-state index in [-0.39, 0.29) is 11.4 Å². The molecule has 0 unspecified atom stereocenters. The minimum Gasteiger partial charge on any atom is -0.378 e. The molecule has 2 aromatic rings. The Kier molecular flexibility index (Phi) is 6.07. The highest BCUT2D eigenvalue weighted by Gasteiger charge is 2.16. The highest BCUT2D eigenvalue weighted by atomic mass is 19.1. The fraction of sp³-hybridized carbons (Fsp3) is 0.273. The number of carbonyl (C=O) groups is 1. The molecule has 1 fully saturated rings. The number of morpholine rings is 1. The summed E-state index contributed by atoms with van der Waals surface area (Å²) < 4.78 is 19.8. The number of anilines is 2. The molecule has 3 rings (SSSR count). The van der Waals surface area contributed by atoms with E-state index < -0.39 is 5.91 Å². The van der Waals surface area contributed by atoms with Crippen molar-refractivity contribution in [2.75, 3.05) is 36.5 Å². The average Bonchev–Trinajstić information content (AvgIpc) is 2.69. The van der Waals surface area contributed by atoms with Crippen molar-refractivity contribution in [2.45, 2.75) is 13.8 Å². The molecule has 0 radical (unpaired) electrons. The van der Waals surface area contributed by atoms with Crippen LogP contribution < -0.4 is 10.2 Å². The number of nitrogens with zero attached hydrogens (tertiary/aromatic N) is 2. The molecule has 144 valence electrons. The number of ether oxygens (including phenoxy) is 1. The molecule has 0 spiro atoms. The Morgan fingerprint density at radius 2 is 1.96 bits per heavy atom. The van der Waals surface area contributed by atoms with Crippen molar-refractivity contribution in [3.8, 4) is 6.07 Å². The van der Waals surface area contributed by atoms with Crippen LogP contribution in [0.1, 0.15) is 16.7 Å². The summed E-state index contributed by atoms with van der Waals surface area (Å²) >= 11 is 0. The SMILES string of the molecule is Cc1ccc(NC(=O)/C(C#N)=C\c2ccc(N3CCOCC3)c(F)c2)c(C)c1. The summed E-state index contributed by atoms with van der Waals surface area (Å²) in [4.78, 5) is 14.4. The lowest BCUT2D eigenvalue weighted by atomic mass is 10.1. The second kappa shape index (κ2) is 8.68. The van der Waals surface area contributed by atoms with Gasteiger partial charge in [0.25, 0.3) is 5.91 Å². The quantitative estimate of drug-likeness (QED) is 0.648. The maximum Gasteiger partial charge on any atom is 0.266 e. The van der Waals surface area contributed by atoms with Crippen LogP contribution in [0.5, 0.6) is 0 Å². The Morgan fingerprint density at radius 3 is 2.61 bits per heavy atom. The lowest BCUT2D eigenvalue weighted by molar-refractivity contribution is -0.112. The predicted molar refractivity (Wildman–Crippen MR) is 108 cm³/mol. The van der Waals surface area contributed by atoms with Crippen molar-refractivity contribution in [2.24, 2.45) is 0 Å². The summed E-state index contributed by atoms with van der Waals surface area (Å²) in [5, 5.41) is 12.1. The van der Waals surface area contributed by atoms with Crippen LogP contribution >= 0.6 is 0 Å². The van der Waals surface area contributed by atoms with Crippen molar-refractivity contribution >= 4 is 23.4 Å². The minimum absolute atomic E-state index is 0.0847. The van der Waals surface area contributed by atoms with Gasteiger partial charge in [0.05, 0.1) is 18.9 Å². The van der Waals surface area contributed by atoms with Gasteiger partial charge in [-0.3, -0.25) is 4.79 Å². The molecule has 2 aromatic carbocycles. The average molecular weight is 379 g/mol. The van der Waals surface area contributed by atoms with Gasteiger partial charge in [-0.1, -0.05) is 23.8 Å². The van der Waals surface area contributed by atoms with Crippen LogP contribution in [0.2, 0.25) is 0 Å². The van der Waals surface area contributed by atoms with E-state index in [1.807, 2.05) is 36.9 Å². The van der Waals surface area contributed by atoms with Gasteiger partial charge < -0.3 is 15.0 Å². The highest BCUT2D eigenvalue weighted by Crippen LogP contribution is 2.23. The van der Waals surface area contributed by atoms with Gasteiger partial charge in [-0.15, -0.1) is 0 Å². The molecule has 0 bridgehead atoms. The first-order chi connectivity index (χ1) is 13.5. The zero-order chi connectivity index (χ0) is 20.1. The van der Waals surface area contributed by atoms with Crippen molar-refractivity contribution in [3.63, 3.8) is 0 Å². The van der Waals surface area contributed by atoms with Crippen molar-refractivity contribution in [1.29, 1.82) is 5.26 Å². The molecule has 1 N–H and O–H groups in total. The molecule has 28 heavy (non-hydrogen) atoms.